The van der Waals surface area contributed by atoms with E-state index in [1.807, 2.05) is 0 Å². The first-order valence-corrected chi connectivity index (χ1v) is 5.49. The lowest BCUT2D eigenvalue weighted by Gasteiger charge is -2.14. The Balaban J connectivity index is 2.55. The first-order valence-electron chi connectivity index (χ1n) is 4.67. The summed E-state index contributed by atoms with van der Waals surface area (Å²) in [6.07, 6.45) is -3.80. The monoisotopic (exact) mass is 287 g/mol. The van der Waals surface area contributed by atoms with Crippen molar-refractivity contribution in [3.63, 3.8) is 0 Å². The number of nitrogens with zero attached hydrogens (tertiary/aromatic N) is 1. The molecule has 0 radical (unpaired) electrons. The molecule has 0 aliphatic carbocycles. The summed E-state index contributed by atoms with van der Waals surface area (Å²) in [7, 11) is 0. The van der Waals surface area contributed by atoms with Crippen LogP contribution in [0.4, 0.5) is 17.6 Å². The van der Waals surface area contributed by atoms with Crippen molar-refractivity contribution in [3.8, 4) is 0 Å². The number of aromatic nitrogens is 1. The van der Waals surface area contributed by atoms with Gasteiger partial charge in [-0.05, 0) is 6.92 Å². The lowest BCUT2D eigenvalue weighted by Crippen LogP contribution is -2.32. The molecular formula is C9H9F4NO3S. The van der Waals surface area contributed by atoms with Crippen molar-refractivity contribution in [2.75, 3.05) is 6.61 Å². The molecule has 18 heavy (non-hydrogen) atoms. The fourth-order valence-corrected chi connectivity index (χ4v) is 1.91. The molecule has 1 N–H and O–H groups in total. The quantitative estimate of drug-likeness (QED) is 0.817. The van der Waals surface area contributed by atoms with E-state index in [4.69, 9.17) is 5.11 Å². The smallest absolute Gasteiger partial charge is 0.355 e. The maximum atomic E-state index is 12.5. The Morgan fingerprint density at radius 1 is 1.56 bits per heavy atom. The number of carbonyl (C=O) groups is 1. The predicted molar refractivity (Wildman–Crippen MR) is 54.4 cm³/mol. The molecule has 1 aromatic heterocycles. The molecule has 0 aromatic carbocycles. The molecule has 4 nitrogen and oxygen atoms in total. The van der Waals surface area contributed by atoms with Crippen molar-refractivity contribution in [2.24, 2.45) is 0 Å². The molecule has 1 rings (SSSR count). The van der Waals surface area contributed by atoms with Crippen LogP contribution in [0.5, 0.6) is 0 Å². The number of carboxylic acids is 1. The zero-order valence-electron chi connectivity index (χ0n) is 9.12. The van der Waals surface area contributed by atoms with Crippen LogP contribution < -0.4 is 0 Å². The van der Waals surface area contributed by atoms with Gasteiger partial charge in [0.05, 0.1) is 6.61 Å². The fourth-order valence-electron chi connectivity index (χ4n) is 1.05. The van der Waals surface area contributed by atoms with Gasteiger partial charge in [0, 0.05) is 4.88 Å². The van der Waals surface area contributed by atoms with Crippen molar-refractivity contribution in [1.29, 1.82) is 0 Å². The number of alkyl halides is 4. The van der Waals surface area contributed by atoms with E-state index in [1.165, 1.54) is 6.92 Å². The molecule has 0 spiro atoms. The molecule has 102 valence electrons. The Hall–Kier alpha value is -1.22. The van der Waals surface area contributed by atoms with E-state index in [0.29, 0.717) is 4.88 Å². The second kappa shape index (κ2) is 5.61. The first-order chi connectivity index (χ1) is 8.24. The third-order valence-electron chi connectivity index (χ3n) is 1.88. The first kappa shape index (κ1) is 14.8. The third kappa shape index (κ3) is 3.64. The van der Waals surface area contributed by atoms with Crippen LogP contribution in [0.15, 0.2) is 0 Å². The number of aryl methyl sites for hydroxylation is 1. The standard InChI is InChI=1S/C9H9F4NO3S/c1-4-6(7(15)16)14-5(18-4)2-17-3-9(12,13)8(10)11/h8H,2-3H2,1H3,(H,15,16). The number of carboxylic acid groups (broad SMARTS) is 1. The highest BCUT2D eigenvalue weighted by molar-refractivity contribution is 7.11. The summed E-state index contributed by atoms with van der Waals surface area (Å²) in [6.45, 7) is -0.370. The van der Waals surface area contributed by atoms with Crippen LogP contribution in [0.3, 0.4) is 0 Å². The zero-order valence-corrected chi connectivity index (χ0v) is 9.94. The van der Waals surface area contributed by atoms with E-state index in [1.54, 1.807) is 0 Å². The number of halogens is 4. The number of rotatable bonds is 6. The summed E-state index contributed by atoms with van der Waals surface area (Å²) in [5, 5.41) is 8.84. The number of thiazole rings is 1. The summed E-state index contributed by atoms with van der Waals surface area (Å²) < 4.78 is 53.0. The van der Waals surface area contributed by atoms with Gasteiger partial charge in [0.1, 0.15) is 11.6 Å². The SMILES string of the molecule is Cc1sc(COCC(F)(F)C(F)F)nc1C(=O)O. The minimum absolute atomic E-state index is 0.148. The summed E-state index contributed by atoms with van der Waals surface area (Å²) in [4.78, 5) is 14.7. The molecule has 0 unspecified atom stereocenters. The largest absolute Gasteiger partial charge is 0.476 e. The van der Waals surface area contributed by atoms with Crippen LogP contribution >= 0.6 is 11.3 Å². The predicted octanol–water partition coefficient (Wildman–Crippen LogP) is 2.57. The third-order valence-corrected chi connectivity index (χ3v) is 2.83. The van der Waals surface area contributed by atoms with Gasteiger partial charge in [-0.25, -0.2) is 18.6 Å². The van der Waals surface area contributed by atoms with Crippen LogP contribution in [0.2, 0.25) is 0 Å². The molecule has 0 fully saturated rings. The van der Waals surface area contributed by atoms with Gasteiger partial charge in [0.25, 0.3) is 0 Å². The molecule has 0 aliphatic rings. The van der Waals surface area contributed by atoms with Crippen LogP contribution in [0.25, 0.3) is 0 Å². The Morgan fingerprint density at radius 3 is 2.61 bits per heavy atom. The highest BCUT2D eigenvalue weighted by Crippen LogP contribution is 2.24. The number of hydrogen-bond donors (Lipinski definition) is 1. The van der Waals surface area contributed by atoms with Crippen molar-refractivity contribution >= 4 is 17.3 Å². The van der Waals surface area contributed by atoms with Crippen molar-refractivity contribution in [3.05, 3.63) is 15.6 Å². The second-order valence-corrected chi connectivity index (χ2v) is 4.66. The average Bonchev–Trinajstić information content (AvgIpc) is 2.59. The topological polar surface area (TPSA) is 59.4 Å². The minimum atomic E-state index is -4.22. The van der Waals surface area contributed by atoms with Gasteiger partial charge >= 0.3 is 18.3 Å². The molecule has 0 aliphatic heterocycles. The maximum Gasteiger partial charge on any atom is 0.355 e. The number of ether oxygens (including phenoxy) is 1. The molecule has 0 bridgehead atoms. The Morgan fingerprint density at radius 2 is 2.17 bits per heavy atom. The van der Waals surface area contributed by atoms with Crippen LogP contribution in [-0.2, 0) is 11.3 Å². The summed E-state index contributed by atoms with van der Waals surface area (Å²) >= 11 is 0.952. The summed E-state index contributed by atoms with van der Waals surface area (Å²) in [5.41, 5.74) is -0.195. The minimum Gasteiger partial charge on any atom is -0.476 e. The van der Waals surface area contributed by atoms with E-state index in [9.17, 15) is 22.4 Å². The molecular weight excluding hydrogens is 278 g/mol. The zero-order chi connectivity index (χ0) is 13.9. The van der Waals surface area contributed by atoms with Gasteiger partial charge in [0.2, 0.25) is 0 Å². The molecule has 0 atom stereocenters. The van der Waals surface area contributed by atoms with Crippen molar-refractivity contribution < 1.29 is 32.2 Å². The van der Waals surface area contributed by atoms with E-state index < -0.39 is 31.5 Å². The van der Waals surface area contributed by atoms with Gasteiger partial charge in [-0.3, -0.25) is 0 Å². The number of aromatic carboxylic acids is 1. The normalized spacial score (nSPS) is 12.1. The van der Waals surface area contributed by atoms with Crippen LogP contribution in [0, 0.1) is 6.92 Å². The second-order valence-electron chi connectivity index (χ2n) is 3.37. The van der Waals surface area contributed by atoms with Gasteiger partial charge in [-0.2, -0.15) is 8.78 Å². The van der Waals surface area contributed by atoms with E-state index >= 15 is 0 Å². The fraction of sp³-hybridized carbons (Fsp3) is 0.556. The summed E-state index contributed by atoms with van der Waals surface area (Å²) in [5.74, 6) is -5.46. The van der Waals surface area contributed by atoms with E-state index in [2.05, 4.69) is 9.72 Å². The Labute approximate surface area is 103 Å². The molecule has 0 saturated carbocycles. The van der Waals surface area contributed by atoms with Crippen molar-refractivity contribution in [2.45, 2.75) is 25.9 Å². The highest BCUT2D eigenvalue weighted by Gasteiger charge is 2.41. The van der Waals surface area contributed by atoms with E-state index in [0.717, 1.165) is 11.3 Å². The molecule has 0 saturated heterocycles. The Kier molecular flexibility index (Phi) is 4.63. The van der Waals surface area contributed by atoms with Crippen molar-refractivity contribution in [1.82, 2.24) is 4.98 Å². The molecule has 1 aromatic rings. The maximum absolute atomic E-state index is 12.5. The van der Waals surface area contributed by atoms with E-state index in [-0.39, 0.29) is 10.7 Å². The number of hydrogen-bond acceptors (Lipinski definition) is 4. The lowest BCUT2D eigenvalue weighted by molar-refractivity contribution is -0.168. The van der Waals surface area contributed by atoms with Gasteiger partial charge in [-0.15, -0.1) is 11.3 Å². The molecule has 9 heteroatoms. The molecule has 0 amide bonds. The average molecular weight is 287 g/mol. The van der Waals surface area contributed by atoms with Gasteiger partial charge in [0.15, 0.2) is 5.69 Å². The summed E-state index contributed by atoms with van der Waals surface area (Å²) in [6, 6.07) is 0. The van der Waals surface area contributed by atoms with Gasteiger partial charge < -0.3 is 9.84 Å². The van der Waals surface area contributed by atoms with Crippen LogP contribution in [-0.4, -0.2) is 35.0 Å². The van der Waals surface area contributed by atoms with Crippen LogP contribution in [0.1, 0.15) is 20.4 Å². The van der Waals surface area contributed by atoms with Gasteiger partial charge in [-0.1, -0.05) is 0 Å². The lowest BCUT2D eigenvalue weighted by atomic mass is 10.4. The highest BCUT2D eigenvalue weighted by atomic mass is 32.1. The molecule has 1 heterocycles. The Bertz CT molecular complexity index is 435.